The van der Waals surface area contributed by atoms with Gasteiger partial charge in [-0.1, -0.05) is 36.8 Å². The van der Waals surface area contributed by atoms with Crippen molar-refractivity contribution in [1.82, 2.24) is 5.32 Å². The van der Waals surface area contributed by atoms with Crippen LogP contribution in [0.2, 0.25) is 0 Å². The number of methoxy groups -OCH3 is 2. The van der Waals surface area contributed by atoms with Crippen LogP contribution in [0.25, 0.3) is 0 Å². The van der Waals surface area contributed by atoms with Gasteiger partial charge >= 0.3 is 5.97 Å². The van der Waals surface area contributed by atoms with Crippen LogP contribution < -0.4 is 20.1 Å². The summed E-state index contributed by atoms with van der Waals surface area (Å²) in [5, 5.41) is 5.51. The lowest BCUT2D eigenvalue weighted by Crippen LogP contribution is -2.46. The summed E-state index contributed by atoms with van der Waals surface area (Å²) in [5.74, 6) is -1.15. The van der Waals surface area contributed by atoms with Crippen molar-refractivity contribution in [3.8, 4) is 11.5 Å². The lowest BCUT2D eigenvalue weighted by atomic mass is 9.64. The molecule has 0 bridgehead atoms. The smallest absolute Gasteiger partial charge is 0.340 e. The Hall–Kier alpha value is -4.27. The number of carbonyl (C=O) groups excluding carboxylic acids is 3. The summed E-state index contributed by atoms with van der Waals surface area (Å²) in [6.07, 6.45) is 4.44. The number of benzene rings is 2. The van der Waals surface area contributed by atoms with Crippen LogP contribution in [0.3, 0.4) is 0 Å². The first kappa shape index (κ1) is 24.8. The van der Waals surface area contributed by atoms with E-state index in [9.17, 15) is 14.4 Å². The molecule has 188 valence electrons. The van der Waals surface area contributed by atoms with E-state index >= 15 is 0 Å². The molecule has 9 heteroatoms. The van der Waals surface area contributed by atoms with Gasteiger partial charge in [-0.05, 0) is 30.5 Å². The standard InChI is InChI=1S/C27H28N2O7/c1-33-22-14-19(20(15-23(22)34-2)29-25(31)21-10-6-13-35-21)26(32)36-16-24(30)28-17-27(11-7-12-27)18-8-4-3-5-9-18/h3-6,8-10,13-15H,7,11-12,16-17H2,1-2H3,(H,28,30)(H,29,31). The number of esters is 1. The Morgan fingerprint density at radius 3 is 2.31 bits per heavy atom. The largest absolute Gasteiger partial charge is 0.493 e. The SMILES string of the molecule is COc1cc(NC(=O)c2ccco2)c(C(=O)OCC(=O)NCC2(c3ccccc3)CCC2)cc1OC. The Morgan fingerprint density at radius 2 is 1.69 bits per heavy atom. The van der Waals surface area contributed by atoms with Crippen LogP contribution >= 0.6 is 0 Å². The fourth-order valence-corrected chi connectivity index (χ4v) is 4.23. The highest BCUT2D eigenvalue weighted by molar-refractivity contribution is 6.07. The minimum Gasteiger partial charge on any atom is -0.493 e. The predicted octanol–water partition coefficient (Wildman–Crippen LogP) is 3.94. The maximum absolute atomic E-state index is 12.9. The van der Waals surface area contributed by atoms with Crippen molar-refractivity contribution in [3.63, 3.8) is 0 Å². The van der Waals surface area contributed by atoms with Crippen molar-refractivity contribution in [2.75, 3.05) is 32.7 Å². The minimum atomic E-state index is -0.803. The van der Waals surface area contributed by atoms with Crippen LogP contribution in [0.4, 0.5) is 5.69 Å². The van der Waals surface area contributed by atoms with Crippen LogP contribution in [0.15, 0.2) is 65.3 Å². The van der Waals surface area contributed by atoms with Crippen molar-refractivity contribution >= 4 is 23.5 Å². The molecule has 36 heavy (non-hydrogen) atoms. The number of ether oxygens (including phenoxy) is 3. The summed E-state index contributed by atoms with van der Waals surface area (Å²) in [6.45, 7) is -0.00215. The molecule has 0 saturated heterocycles. The van der Waals surface area contributed by atoms with E-state index in [1.165, 1.54) is 44.2 Å². The third-order valence-electron chi connectivity index (χ3n) is 6.39. The minimum absolute atomic E-state index is 0.0000971. The first-order valence-corrected chi connectivity index (χ1v) is 11.6. The fourth-order valence-electron chi connectivity index (χ4n) is 4.23. The molecule has 1 saturated carbocycles. The number of anilines is 1. The number of furan rings is 1. The molecule has 1 aromatic heterocycles. The first-order chi connectivity index (χ1) is 17.5. The molecule has 0 aliphatic heterocycles. The maximum atomic E-state index is 12.9. The van der Waals surface area contributed by atoms with Gasteiger partial charge in [0.05, 0.1) is 31.7 Å². The highest BCUT2D eigenvalue weighted by Gasteiger charge is 2.38. The predicted molar refractivity (Wildman–Crippen MR) is 131 cm³/mol. The summed E-state index contributed by atoms with van der Waals surface area (Å²) in [7, 11) is 2.85. The molecule has 9 nitrogen and oxygen atoms in total. The summed E-state index contributed by atoms with van der Waals surface area (Å²) in [5.41, 5.74) is 1.22. The molecule has 1 aliphatic rings. The van der Waals surface area contributed by atoms with Crippen LogP contribution in [0, 0.1) is 0 Å². The molecule has 0 radical (unpaired) electrons. The van der Waals surface area contributed by atoms with Crippen LogP contribution in [0.1, 0.15) is 45.7 Å². The molecule has 2 amide bonds. The molecule has 2 N–H and O–H groups in total. The van der Waals surface area contributed by atoms with E-state index in [4.69, 9.17) is 18.6 Å². The molecule has 1 fully saturated rings. The Kier molecular flexibility index (Phi) is 7.58. The van der Waals surface area contributed by atoms with Crippen LogP contribution in [-0.2, 0) is 14.9 Å². The number of hydrogen-bond acceptors (Lipinski definition) is 7. The van der Waals surface area contributed by atoms with Crippen molar-refractivity contribution < 1.29 is 33.0 Å². The zero-order valence-electron chi connectivity index (χ0n) is 20.2. The molecule has 1 aliphatic carbocycles. The Labute approximate surface area is 208 Å². The molecule has 0 spiro atoms. The van der Waals surface area contributed by atoms with Gasteiger partial charge in [0.2, 0.25) is 0 Å². The fraction of sp³-hybridized carbons (Fsp3) is 0.296. The van der Waals surface area contributed by atoms with E-state index in [-0.39, 0.29) is 28.2 Å². The summed E-state index contributed by atoms with van der Waals surface area (Å²) in [6, 6.07) is 16.0. The van der Waals surface area contributed by atoms with Gasteiger partial charge in [-0.15, -0.1) is 0 Å². The van der Waals surface area contributed by atoms with Crippen LogP contribution in [-0.4, -0.2) is 45.2 Å². The molecule has 4 rings (SSSR count). The second-order valence-corrected chi connectivity index (χ2v) is 8.54. The first-order valence-electron chi connectivity index (χ1n) is 11.6. The molecule has 3 aromatic rings. The second-order valence-electron chi connectivity index (χ2n) is 8.54. The number of hydrogen-bond donors (Lipinski definition) is 2. The van der Waals surface area contributed by atoms with Gasteiger partial charge in [0.25, 0.3) is 11.8 Å². The third-order valence-corrected chi connectivity index (χ3v) is 6.39. The van der Waals surface area contributed by atoms with E-state index in [0.29, 0.717) is 12.3 Å². The van der Waals surface area contributed by atoms with E-state index in [0.717, 1.165) is 19.3 Å². The van der Waals surface area contributed by atoms with Crippen LogP contribution in [0.5, 0.6) is 11.5 Å². The molecular weight excluding hydrogens is 464 g/mol. The topological polar surface area (TPSA) is 116 Å². The van der Waals surface area contributed by atoms with Crippen molar-refractivity contribution in [1.29, 1.82) is 0 Å². The van der Waals surface area contributed by atoms with E-state index in [1.807, 2.05) is 18.2 Å². The van der Waals surface area contributed by atoms with Gasteiger partial charge in [0, 0.05) is 24.1 Å². The van der Waals surface area contributed by atoms with E-state index in [1.54, 1.807) is 6.07 Å². The summed E-state index contributed by atoms with van der Waals surface area (Å²) >= 11 is 0. The van der Waals surface area contributed by atoms with Gasteiger partial charge in [0.1, 0.15) is 0 Å². The van der Waals surface area contributed by atoms with Gasteiger partial charge in [-0.2, -0.15) is 0 Å². The highest BCUT2D eigenvalue weighted by atomic mass is 16.5. The monoisotopic (exact) mass is 492 g/mol. The molecule has 1 heterocycles. The molecule has 0 unspecified atom stereocenters. The van der Waals surface area contributed by atoms with E-state index < -0.39 is 24.4 Å². The van der Waals surface area contributed by atoms with Gasteiger partial charge in [-0.3, -0.25) is 9.59 Å². The summed E-state index contributed by atoms with van der Waals surface area (Å²) in [4.78, 5) is 38.0. The third kappa shape index (κ3) is 5.35. The summed E-state index contributed by atoms with van der Waals surface area (Å²) < 4.78 is 20.9. The Bertz CT molecular complexity index is 1220. The zero-order valence-corrected chi connectivity index (χ0v) is 20.2. The Morgan fingerprint density at radius 1 is 0.972 bits per heavy atom. The van der Waals surface area contributed by atoms with Crippen molar-refractivity contribution in [2.45, 2.75) is 24.7 Å². The zero-order chi connectivity index (χ0) is 25.5. The van der Waals surface area contributed by atoms with Gasteiger partial charge in [-0.25, -0.2) is 4.79 Å². The highest BCUT2D eigenvalue weighted by Crippen LogP contribution is 2.43. The normalized spacial score (nSPS) is 13.7. The molecular formula is C27H28N2O7. The molecule has 0 atom stereocenters. The number of amides is 2. The van der Waals surface area contributed by atoms with Crippen molar-refractivity contribution in [3.05, 3.63) is 77.7 Å². The van der Waals surface area contributed by atoms with E-state index in [2.05, 4.69) is 22.8 Å². The van der Waals surface area contributed by atoms with Gasteiger partial charge < -0.3 is 29.3 Å². The van der Waals surface area contributed by atoms with Crippen molar-refractivity contribution in [2.24, 2.45) is 0 Å². The van der Waals surface area contributed by atoms with Gasteiger partial charge in [0.15, 0.2) is 23.9 Å². The number of rotatable bonds is 10. The average molecular weight is 493 g/mol. The maximum Gasteiger partial charge on any atom is 0.340 e. The lowest BCUT2D eigenvalue weighted by Gasteiger charge is -2.42. The quantitative estimate of drug-likeness (QED) is 0.412. The molecule has 2 aromatic carbocycles. The Balaban J connectivity index is 1.42. The second kappa shape index (κ2) is 11.0. The number of nitrogens with one attached hydrogen (secondary N) is 2. The number of carbonyl (C=O) groups is 3. The average Bonchev–Trinajstić information content (AvgIpc) is 3.42. The lowest BCUT2D eigenvalue weighted by molar-refractivity contribution is -0.124.